The van der Waals surface area contributed by atoms with Gasteiger partial charge in [0.1, 0.15) is 4.32 Å². The van der Waals surface area contributed by atoms with Crippen LogP contribution in [0.5, 0.6) is 0 Å². The van der Waals surface area contributed by atoms with Crippen LogP contribution >= 0.6 is 24.0 Å². The molecule has 2 rings (SSSR count). The summed E-state index contributed by atoms with van der Waals surface area (Å²) in [6.45, 7) is 2.53. The smallest absolute Gasteiger partial charge is 0.321 e. The van der Waals surface area contributed by atoms with Gasteiger partial charge in [-0.3, -0.25) is 10.1 Å². The lowest BCUT2D eigenvalue weighted by Crippen LogP contribution is -2.41. The molecule has 0 aromatic carbocycles. The third-order valence-corrected chi connectivity index (χ3v) is 5.58. The van der Waals surface area contributed by atoms with Crippen molar-refractivity contribution in [3.63, 3.8) is 0 Å². The molecule has 0 aromatic heterocycles. The molecule has 0 atom stereocenters. The van der Waals surface area contributed by atoms with Crippen molar-refractivity contribution in [3.8, 4) is 0 Å². The van der Waals surface area contributed by atoms with E-state index in [4.69, 9.17) is 12.2 Å². The molecular formula is C16H25N3O2S2. The molecule has 5 nitrogen and oxygen atoms in total. The molecule has 0 bridgehead atoms. The maximum Gasteiger partial charge on any atom is 0.321 e. The van der Waals surface area contributed by atoms with Crippen molar-refractivity contribution in [3.05, 3.63) is 11.6 Å². The number of nitrogens with one attached hydrogen (secondary N) is 2. The Morgan fingerprint density at radius 1 is 1.22 bits per heavy atom. The molecule has 2 N–H and O–H groups in total. The number of imide groups is 1. The van der Waals surface area contributed by atoms with Crippen LogP contribution in [0.4, 0.5) is 4.79 Å². The highest BCUT2D eigenvalue weighted by atomic mass is 32.2. The highest BCUT2D eigenvalue weighted by Crippen LogP contribution is 2.19. The normalized spacial score (nSPS) is 17.6. The molecule has 1 heterocycles. The molecule has 0 unspecified atom stereocenters. The summed E-state index contributed by atoms with van der Waals surface area (Å²) >= 11 is 6.62. The Bertz CT molecular complexity index is 474. The quantitative estimate of drug-likeness (QED) is 0.586. The van der Waals surface area contributed by atoms with Crippen LogP contribution in [0.25, 0.3) is 0 Å². The zero-order chi connectivity index (χ0) is 16.5. The second kappa shape index (κ2) is 9.93. The van der Waals surface area contributed by atoms with Crippen LogP contribution in [0.3, 0.4) is 0 Å². The summed E-state index contributed by atoms with van der Waals surface area (Å²) in [7, 11) is 0. The summed E-state index contributed by atoms with van der Waals surface area (Å²) < 4.78 is 0.752. The van der Waals surface area contributed by atoms with Crippen molar-refractivity contribution in [2.45, 2.75) is 44.9 Å². The van der Waals surface area contributed by atoms with Crippen LogP contribution in [0.1, 0.15) is 44.9 Å². The SMILES string of the molecule is O=C(CSC(=S)N1CCCC1)NC(=O)NCCC1=CCCCC1. The minimum absolute atomic E-state index is 0.188. The highest BCUT2D eigenvalue weighted by Gasteiger charge is 2.16. The number of hydrogen-bond acceptors (Lipinski definition) is 4. The van der Waals surface area contributed by atoms with Crippen molar-refractivity contribution in [1.29, 1.82) is 0 Å². The number of likely N-dealkylation sites (tertiary alicyclic amines) is 1. The first-order chi connectivity index (χ1) is 11.1. The number of rotatable bonds is 5. The molecule has 1 aliphatic carbocycles. The van der Waals surface area contributed by atoms with Crippen molar-refractivity contribution in [2.75, 3.05) is 25.4 Å². The average Bonchev–Trinajstić information content (AvgIpc) is 3.08. The molecular weight excluding hydrogens is 330 g/mol. The van der Waals surface area contributed by atoms with Crippen LogP contribution in [-0.2, 0) is 4.79 Å². The van der Waals surface area contributed by atoms with Gasteiger partial charge in [-0.15, -0.1) is 0 Å². The van der Waals surface area contributed by atoms with E-state index in [0.717, 1.165) is 49.5 Å². The van der Waals surface area contributed by atoms with Gasteiger partial charge in [0, 0.05) is 19.6 Å². The summed E-state index contributed by atoms with van der Waals surface area (Å²) in [5.41, 5.74) is 1.41. The lowest BCUT2D eigenvalue weighted by atomic mass is 9.97. The number of carbonyl (C=O) groups is 2. The van der Waals surface area contributed by atoms with E-state index >= 15 is 0 Å². The first-order valence-corrected chi connectivity index (χ1v) is 9.72. The number of amides is 3. The molecule has 128 valence electrons. The number of nitrogens with zero attached hydrogens (tertiary/aromatic N) is 1. The van der Waals surface area contributed by atoms with Gasteiger partial charge in [-0.2, -0.15) is 0 Å². The van der Waals surface area contributed by atoms with Crippen molar-refractivity contribution in [1.82, 2.24) is 15.5 Å². The number of carbonyl (C=O) groups excluding carboxylic acids is 2. The Hall–Kier alpha value is -1.08. The van der Waals surface area contributed by atoms with Gasteiger partial charge in [0.25, 0.3) is 0 Å². The van der Waals surface area contributed by atoms with Crippen molar-refractivity contribution in [2.24, 2.45) is 0 Å². The maximum atomic E-state index is 11.8. The van der Waals surface area contributed by atoms with Gasteiger partial charge in [-0.25, -0.2) is 4.79 Å². The summed E-state index contributed by atoms with van der Waals surface area (Å²) in [5, 5.41) is 5.10. The summed E-state index contributed by atoms with van der Waals surface area (Å²) in [5.74, 6) is -0.112. The van der Waals surface area contributed by atoms with Gasteiger partial charge in [-0.05, 0) is 44.9 Å². The van der Waals surface area contributed by atoms with Gasteiger partial charge in [-0.1, -0.05) is 35.6 Å². The molecule has 0 spiro atoms. The van der Waals surface area contributed by atoms with E-state index in [2.05, 4.69) is 21.6 Å². The predicted octanol–water partition coefficient (Wildman–Crippen LogP) is 2.82. The van der Waals surface area contributed by atoms with Gasteiger partial charge < -0.3 is 10.2 Å². The molecule has 23 heavy (non-hydrogen) atoms. The number of thioether (sulfide) groups is 1. The van der Waals surface area contributed by atoms with Crippen molar-refractivity contribution < 1.29 is 9.59 Å². The number of urea groups is 1. The second-order valence-electron chi connectivity index (χ2n) is 5.91. The van der Waals surface area contributed by atoms with Crippen LogP contribution in [0, 0.1) is 0 Å². The Labute approximate surface area is 147 Å². The molecule has 0 aromatic rings. The predicted molar refractivity (Wildman–Crippen MR) is 98.6 cm³/mol. The summed E-state index contributed by atoms with van der Waals surface area (Å²) in [6.07, 6.45) is 10.2. The van der Waals surface area contributed by atoms with E-state index in [0.29, 0.717) is 6.54 Å². The Morgan fingerprint density at radius 3 is 2.70 bits per heavy atom. The van der Waals surface area contributed by atoms with E-state index in [1.54, 1.807) is 0 Å². The molecule has 1 saturated heterocycles. The zero-order valence-corrected chi connectivity index (χ0v) is 15.1. The molecule has 1 fully saturated rings. The third kappa shape index (κ3) is 6.91. The number of hydrogen-bond donors (Lipinski definition) is 2. The average molecular weight is 356 g/mol. The van der Waals surface area contributed by atoms with E-state index in [9.17, 15) is 9.59 Å². The lowest BCUT2D eigenvalue weighted by molar-refractivity contribution is -0.117. The summed E-state index contributed by atoms with van der Waals surface area (Å²) in [4.78, 5) is 25.6. The minimum Gasteiger partial charge on any atom is -0.358 e. The van der Waals surface area contributed by atoms with Gasteiger partial charge in [0.15, 0.2) is 0 Å². The zero-order valence-electron chi connectivity index (χ0n) is 13.4. The maximum absolute atomic E-state index is 11.8. The first kappa shape index (κ1) is 18.3. The highest BCUT2D eigenvalue weighted by molar-refractivity contribution is 8.23. The van der Waals surface area contributed by atoms with E-state index in [-0.39, 0.29) is 11.7 Å². The van der Waals surface area contributed by atoms with Crippen LogP contribution < -0.4 is 10.6 Å². The molecule has 0 radical (unpaired) electrons. The van der Waals surface area contributed by atoms with Crippen LogP contribution in [0.2, 0.25) is 0 Å². The van der Waals surface area contributed by atoms with E-state index < -0.39 is 6.03 Å². The number of allylic oxidation sites excluding steroid dienone is 1. The Balaban J connectivity index is 1.56. The molecule has 1 aliphatic heterocycles. The van der Waals surface area contributed by atoms with Gasteiger partial charge >= 0.3 is 6.03 Å². The lowest BCUT2D eigenvalue weighted by Gasteiger charge is -2.17. The molecule has 2 aliphatic rings. The Morgan fingerprint density at radius 2 is 2.00 bits per heavy atom. The monoisotopic (exact) mass is 355 g/mol. The van der Waals surface area contributed by atoms with E-state index in [1.807, 2.05) is 0 Å². The Kier molecular flexibility index (Phi) is 7.88. The first-order valence-electron chi connectivity index (χ1n) is 8.32. The topological polar surface area (TPSA) is 61.4 Å². The largest absolute Gasteiger partial charge is 0.358 e. The fourth-order valence-electron chi connectivity index (χ4n) is 2.79. The molecule has 3 amide bonds. The molecule has 0 saturated carbocycles. The summed E-state index contributed by atoms with van der Waals surface area (Å²) in [6, 6.07) is -0.417. The standard InChI is InChI=1S/C16H25N3O2S2/c20-14(12-23-16(22)19-10-4-5-11-19)18-15(21)17-9-8-13-6-2-1-3-7-13/h6H,1-5,7-12H2,(H2,17,18,20,21). The number of thiocarbonyl (C=S) groups is 1. The fourth-order valence-corrected chi connectivity index (χ4v) is 3.84. The second-order valence-corrected chi connectivity index (χ2v) is 7.52. The van der Waals surface area contributed by atoms with Crippen LogP contribution in [0.15, 0.2) is 11.6 Å². The molecule has 7 heteroatoms. The minimum atomic E-state index is -0.417. The van der Waals surface area contributed by atoms with Crippen molar-refractivity contribution >= 4 is 40.2 Å². The van der Waals surface area contributed by atoms with Gasteiger partial charge in [0.05, 0.1) is 5.75 Å². The third-order valence-electron chi connectivity index (χ3n) is 4.06. The fraction of sp³-hybridized carbons (Fsp3) is 0.688. The van der Waals surface area contributed by atoms with Crippen LogP contribution in [-0.4, -0.2) is 46.5 Å². The van der Waals surface area contributed by atoms with E-state index in [1.165, 1.54) is 30.2 Å². The van der Waals surface area contributed by atoms with Gasteiger partial charge in [0.2, 0.25) is 5.91 Å².